The van der Waals surface area contributed by atoms with E-state index >= 15 is 0 Å². The monoisotopic (exact) mass is 627 g/mol. The molecule has 0 radical (unpaired) electrons. The minimum absolute atomic E-state index is 0.000456. The second-order valence-corrected chi connectivity index (χ2v) is 11.6. The first-order valence-corrected chi connectivity index (χ1v) is 15.1. The van der Waals surface area contributed by atoms with Crippen molar-refractivity contribution in [3.63, 3.8) is 0 Å². The molecule has 2 amide bonds. The highest BCUT2D eigenvalue weighted by Crippen LogP contribution is 2.22. The maximum atomic E-state index is 13.7. The van der Waals surface area contributed by atoms with E-state index in [1.165, 1.54) is 11.1 Å². The number of esters is 1. The molecule has 14 heteroatoms. The first-order valence-electron chi connectivity index (χ1n) is 15.1. The predicted octanol–water partition coefficient (Wildman–Crippen LogP) is 2.76. The average molecular weight is 628 g/mol. The molecule has 0 unspecified atom stereocenters. The fourth-order valence-electron chi connectivity index (χ4n) is 4.71. The summed E-state index contributed by atoms with van der Waals surface area (Å²) in [7, 11) is 0. The quantitative estimate of drug-likeness (QED) is 0.364. The first-order chi connectivity index (χ1) is 21.5. The van der Waals surface area contributed by atoms with Crippen LogP contribution in [-0.4, -0.2) is 108 Å². The van der Waals surface area contributed by atoms with Gasteiger partial charge in [-0.3, -0.25) is 14.4 Å². The maximum Gasteiger partial charge on any atom is 0.527 e. The molecule has 1 aromatic carbocycles. The molecule has 3 heterocycles. The van der Waals surface area contributed by atoms with Crippen LogP contribution in [0.5, 0.6) is 5.88 Å². The van der Waals surface area contributed by atoms with Gasteiger partial charge >= 0.3 is 12.1 Å². The number of hydrogen-bond acceptors (Lipinski definition) is 12. The van der Waals surface area contributed by atoms with Crippen molar-refractivity contribution in [2.45, 2.75) is 64.7 Å². The molecular formula is C31H41N5O9. The van der Waals surface area contributed by atoms with Crippen LogP contribution in [0.15, 0.2) is 36.4 Å². The molecule has 0 spiro atoms. The number of carbonyl (C=O) groups is 4. The van der Waals surface area contributed by atoms with E-state index in [1.54, 1.807) is 32.6 Å². The summed E-state index contributed by atoms with van der Waals surface area (Å²) in [6.07, 6.45) is -0.448. The van der Waals surface area contributed by atoms with Gasteiger partial charge in [0.25, 0.3) is 5.91 Å². The zero-order valence-electron chi connectivity index (χ0n) is 26.2. The first kappa shape index (κ1) is 33.6. The lowest BCUT2D eigenvalue weighted by Crippen LogP contribution is -2.55. The molecule has 2 saturated heterocycles. The minimum atomic E-state index is -1.06. The number of nitrogens with zero attached hydrogens (tertiary/aromatic N) is 4. The summed E-state index contributed by atoms with van der Waals surface area (Å²) in [6.45, 7) is 9.03. The van der Waals surface area contributed by atoms with E-state index in [9.17, 15) is 19.2 Å². The Morgan fingerprint density at radius 3 is 2.44 bits per heavy atom. The number of hydroxylamine groups is 2. The van der Waals surface area contributed by atoms with Crippen LogP contribution in [0, 0.1) is 0 Å². The molecule has 0 aliphatic carbocycles. The summed E-state index contributed by atoms with van der Waals surface area (Å²) >= 11 is 0. The van der Waals surface area contributed by atoms with Crippen LogP contribution < -0.4 is 10.1 Å². The number of piperazine rings is 1. The molecule has 14 nitrogen and oxygen atoms in total. The Kier molecular flexibility index (Phi) is 11.7. The van der Waals surface area contributed by atoms with Gasteiger partial charge in [0, 0.05) is 37.6 Å². The summed E-state index contributed by atoms with van der Waals surface area (Å²) in [6, 6.07) is 9.53. The van der Waals surface area contributed by atoms with Crippen LogP contribution in [0.4, 0.5) is 4.79 Å². The topological polar surface area (TPSA) is 159 Å². The molecule has 2 atom stereocenters. The van der Waals surface area contributed by atoms with Gasteiger partial charge in [0.2, 0.25) is 11.8 Å². The summed E-state index contributed by atoms with van der Waals surface area (Å²) in [5, 5.41) is 4.20. The smallest absolute Gasteiger partial charge is 0.472 e. The van der Waals surface area contributed by atoms with E-state index in [-0.39, 0.29) is 75.0 Å². The van der Waals surface area contributed by atoms with Gasteiger partial charge in [0.15, 0.2) is 5.82 Å². The number of carbonyl (C=O) groups excluding carboxylic acids is 4. The van der Waals surface area contributed by atoms with Crippen LogP contribution in [0.1, 0.15) is 57.4 Å². The fraction of sp³-hybridized carbons (Fsp3) is 0.548. The zero-order valence-corrected chi connectivity index (χ0v) is 26.2. The van der Waals surface area contributed by atoms with Crippen molar-refractivity contribution in [2.24, 2.45) is 0 Å². The summed E-state index contributed by atoms with van der Waals surface area (Å²) < 4.78 is 21.7. The fourth-order valence-corrected chi connectivity index (χ4v) is 4.71. The lowest BCUT2D eigenvalue weighted by molar-refractivity contribution is -0.158. The van der Waals surface area contributed by atoms with Crippen LogP contribution in [-0.2, 0) is 28.6 Å². The van der Waals surface area contributed by atoms with Gasteiger partial charge in [-0.1, -0.05) is 30.3 Å². The molecule has 1 aromatic heterocycles. The SMILES string of the molecule is CCOC(=O)ON1CCN(C(=O)[C@H](CCC(=O)OC(C)(C)C)NC(=O)c2cc(O[C@H]3CCOC3)nc(-c3ccccc3)n2)CC1. The number of ether oxygens (including phenoxy) is 4. The van der Waals surface area contributed by atoms with E-state index < -0.39 is 29.7 Å². The number of benzene rings is 1. The third kappa shape index (κ3) is 10.4. The summed E-state index contributed by atoms with van der Waals surface area (Å²) in [5.74, 6) is -1.02. The normalized spacial score (nSPS) is 17.7. The molecule has 2 aliphatic heterocycles. The summed E-state index contributed by atoms with van der Waals surface area (Å²) in [5.41, 5.74) is -0.0226. The number of rotatable bonds is 11. The van der Waals surface area contributed by atoms with Crippen molar-refractivity contribution < 1.29 is 43.0 Å². The lowest BCUT2D eigenvalue weighted by atomic mass is 10.1. The Morgan fingerprint density at radius 1 is 1.07 bits per heavy atom. The second kappa shape index (κ2) is 15.6. The van der Waals surface area contributed by atoms with Crippen molar-refractivity contribution in [1.82, 2.24) is 25.2 Å². The van der Waals surface area contributed by atoms with Gasteiger partial charge in [-0.05, 0) is 34.1 Å². The number of hydrogen-bond donors (Lipinski definition) is 1. The molecule has 2 aliphatic rings. The van der Waals surface area contributed by atoms with Crippen molar-refractivity contribution in [3.05, 3.63) is 42.1 Å². The molecule has 0 saturated carbocycles. The Labute approximate surface area is 262 Å². The Morgan fingerprint density at radius 2 is 1.80 bits per heavy atom. The molecule has 244 valence electrons. The molecule has 0 bridgehead atoms. The van der Waals surface area contributed by atoms with E-state index in [2.05, 4.69) is 15.3 Å². The third-order valence-corrected chi connectivity index (χ3v) is 6.82. The Hall–Kier alpha value is -4.30. The van der Waals surface area contributed by atoms with E-state index in [4.69, 9.17) is 23.8 Å². The Bertz CT molecular complexity index is 1320. The van der Waals surface area contributed by atoms with Crippen LogP contribution in [0.3, 0.4) is 0 Å². The third-order valence-electron chi connectivity index (χ3n) is 6.82. The molecule has 45 heavy (non-hydrogen) atoms. The maximum absolute atomic E-state index is 13.7. The second-order valence-electron chi connectivity index (χ2n) is 11.6. The van der Waals surface area contributed by atoms with Gasteiger partial charge in [-0.25, -0.2) is 9.78 Å². The van der Waals surface area contributed by atoms with Gasteiger partial charge in [0.1, 0.15) is 23.4 Å². The molecule has 4 rings (SSSR count). The molecule has 2 fully saturated rings. The van der Waals surface area contributed by atoms with Crippen molar-refractivity contribution in [3.8, 4) is 17.3 Å². The Balaban J connectivity index is 1.52. The van der Waals surface area contributed by atoms with Gasteiger partial charge < -0.3 is 34.0 Å². The minimum Gasteiger partial charge on any atom is -0.472 e. The van der Waals surface area contributed by atoms with E-state index in [1.807, 2.05) is 30.3 Å². The number of aromatic nitrogens is 2. The predicted molar refractivity (Wildman–Crippen MR) is 160 cm³/mol. The van der Waals surface area contributed by atoms with Crippen molar-refractivity contribution in [2.75, 3.05) is 46.0 Å². The number of amides is 2. The van der Waals surface area contributed by atoms with Gasteiger partial charge in [-0.2, -0.15) is 4.98 Å². The van der Waals surface area contributed by atoms with Gasteiger partial charge in [0.05, 0.1) is 32.9 Å². The van der Waals surface area contributed by atoms with Crippen molar-refractivity contribution in [1.29, 1.82) is 0 Å². The average Bonchev–Trinajstić information content (AvgIpc) is 3.52. The highest BCUT2D eigenvalue weighted by Gasteiger charge is 2.32. The standard InChI is InChI=1S/C31H41N5O9/c1-5-42-30(40)45-36-16-14-35(15-17-36)29(39)23(11-12-26(37)44-31(2,3)4)33-28(38)24-19-25(43-22-13-18-41-20-22)34-27(32-24)21-9-7-6-8-10-21/h6-10,19,22-23H,5,11-18,20H2,1-4H3,(H,33,38)/t22-,23-/m0/s1. The lowest BCUT2D eigenvalue weighted by Gasteiger charge is -2.35. The molecular weight excluding hydrogens is 586 g/mol. The summed E-state index contributed by atoms with van der Waals surface area (Å²) in [4.78, 5) is 67.3. The van der Waals surface area contributed by atoms with Crippen LogP contribution >= 0.6 is 0 Å². The number of nitrogens with one attached hydrogen (secondary N) is 1. The van der Waals surface area contributed by atoms with Gasteiger partial charge in [-0.15, -0.1) is 5.06 Å². The van der Waals surface area contributed by atoms with Crippen LogP contribution in [0.2, 0.25) is 0 Å². The van der Waals surface area contributed by atoms with Crippen molar-refractivity contribution >= 4 is 23.9 Å². The molecule has 1 N–H and O–H groups in total. The van der Waals surface area contributed by atoms with E-state index in [0.29, 0.717) is 25.2 Å². The zero-order chi connectivity index (χ0) is 32.4. The van der Waals surface area contributed by atoms with E-state index in [0.717, 1.165) is 0 Å². The van der Waals surface area contributed by atoms with Crippen LogP contribution in [0.25, 0.3) is 11.4 Å². The molecule has 2 aromatic rings. The largest absolute Gasteiger partial charge is 0.527 e. The highest BCUT2D eigenvalue weighted by atomic mass is 16.8. The highest BCUT2D eigenvalue weighted by molar-refractivity contribution is 5.96.